The number of sulfone groups is 1. The number of carbonyl (C=O) groups is 1. The summed E-state index contributed by atoms with van der Waals surface area (Å²) < 4.78 is 64.0. The van der Waals surface area contributed by atoms with Crippen molar-refractivity contribution in [2.45, 2.75) is 10.4 Å². The fourth-order valence-electron chi connectivity index (χ4n) is 1.35. The SMILES string of the molecule is COC(=O)CNc1ccc(S(=O)(=O)C(F)(F)F)cc1[N+](=O)[O-]. The maximum atomic E-state index is 12.4. The van der Waals surface area contributed by atoms with Gasteiger partial charge in [-0.15, -0.1) is 0 Å². The van der Waals surface area contributed by atoms with Gasteiger partial charge in [0.2, 0.25) is 0 Å². The van der Waals surface area contributed by atoms with Crippen LogP contribution in [0.3, 0.4) is 0 Å². The maximum absolute atomic E-state index is 12.4. The van der Waals surface area contributed by atoms with E-state index in [1.165, 1.54) is 0 Å². The molecule has 1 N–H and O–H groups in total. The molecule has 0 aliphatic rings. The third kappa shape index (κ3) is 3.63. The van der Waals surface area contributed by atoms with E-state index in [1.54, 1.807) is 0 Å². The van der Waals surface area contributed by atoms with E-state index < -0.39 is 43.4 Å². The molecular formula is C10H9F3N2O6S. The van der Waals surface area contributed by atoms with Crippen LogP contribution in [0.25, 0.3) is 0 Å². The number of esters is 1. The van der Waals surface area contributed by atoms with E-state index in [0.29, 0.717) is 6.07 Å². The van der Waals surface area contributed by atoms with Crippen LogP contribution in [0.5, 0.6) is 0 Å². The topological polar surface area (TPSA) is 116 Å². The van der Waals surface area contributed by atoms with Crippen LogP contribution in [0.4, 0.5) is 24.5 Å². The Morgan fingerprint density at radius 2 is 2.00 bits per heavy atom. The molecular weight excluding hydrogens is 333 g/mol. The summed E-state index contributed by atoms with van der Waals surface area (Å²) in [6, 6.07) is 1.58. The first-order valence-corrected chi connectivity index (χ1v) is 6.89. The molecule has 8 nitrogen and oxygen atoms in total. The van der Waals surface area contributed by atoms with Crippen LogP contribution in [0.15, 0.2) is 23.1 Å². The second-order valence-electron chi connectivity index (χ2n) is 3.81. The molecule has 0 saturated carbocycles. The Morgan fingerprint density at radius 3 is 2.45 bits per heavy atom. The van der Waals surface area contributed by atoms with Gasteiger partial charge in [0.05, 0.1) is 16.9 Å². The first kappa shape index (κ1) is 17.7. The van der Waals surface area contributed by atoms with Crippen molar-refractivity contribution in [1.82, 2.24) is 0 Å². The normalized spacial score (nSPS) is 11.8. The molecule has 122 valence electrons. The van der Waals surface area contributed by atoms with E-state index >= 15 is 0 Å². The summed E-state index contributed by atoms with van der Waals surface area (Å²) in [5.74, 6) is -0.777. The molecule has 0 spiro atoms. The molecule has 0 bridgehead atoms. The first-order chi connectivity index (χ1) is 10.0. The van der Waals surface area contributed by atoms with Gasteiger partial charge in [-0.3, -0.25) is 14.9 Å². The molecule has 0 fully saturated rings. The Labute approximate surface area is 121 Å². The largest absolute Gasteiger partial charge is 0.501 e. The lowest BCUT2D eigenvalue weighted by Crippen LogP contribution is -2.23. The number of ether oxygens (including phenoxy) is 1. The number of benzene rings is 1. The molecule has 0 atom stereocenters. The molecule has 0 aliphatic heterocycles. The van der Waals surface area contributed by atoms with Crippen LogP contribution in [0.1, 0.15) is 0 Å². The minimum absolute atomic E-state index is 0.266. The van der Waals surface area contributed by atoms with Crippen molar-refractivity contribution in [1.29, 1.82) is 0 Å². The lowest BCUT2D eigenvalue weighted by Gasteiger charge is -2.10. The highest BCUT2D eigenvalue weighted by molar-refractivity contribution is 7.92. The van der Waals surface area contributed by atoms with Crippen molar-refractivity contribution in [2.24, 2.45) is 0 Å². The third-order valence-corrected chi connectivity index (χ3v) is 3.92. The van der Waals surface area contributed by atoms with E-state index in [2.05, 4.69) is 10.1 Å². The van der Waals surface area contributed by atoms with Gasteiger partial charge in [0.1, 0.15) is 12.2 Å². The Morgan fingerprint density at radius 1 is 1.41 bits per heavy atom. The van der Waals surface area contributed by atoms with E-state index in [-0.39, 0.29) is 11.8 Å². The predicted molar refractivity (Wildman–Crippen MR) is 66.8 cm³/mol. The Hall–Kier alpha value is -2.37. The zero-order valence-electron chi connectivity index (χ0n) is 10.9. The van der Waals surface area contributed by atoms with Gasteiger partial charge in [0.15, 0.2) is 0 Å². The second kappa shape index (κ2) is 6.17. The second-order valence-corrected chi connectivity index (χ2v) is 5.76. The molecule has 1 rings (SSSR count). The van der Waals surface area contributed by atoms with Crippen LogP contribution in [0.2, 0.25) is 0 Å². The molecule has 0 unspecified atom stereocenters. The Bertz CT molecular complexity index is 701. The van der Waals surface area contributed by atoms with E-state index in [0.717, 1.165) is 13.2 Å². The highest BCUT2D eigenvalue weighted by atomic mass is 32.2. The Kier molecular flexibility index (Phi) is 4.96. The smallest absolute Gasteiger partial charge is 0.468 e. The molecule has 0 amide bonds. The highest BCUT2D eigenvalue weighted by Gasteiger charge is 2.47. The molecule has 1 aromatic carbocycles. The van der Waals surface area contributed by atoms with Crippen LogP contribution in [-0.4, -0.2) is 38.5 Å². The lowest BCUT2D eigenvalue weighted by atomic mass is 10.2. The van der Waals surface area contributed by atoms with Gasteiger partial charge in [-0.05, 0) is 12.1 Å². The van der Waals surface area contributed by atoms with Gasteiger partial charge in [-0.2, -0.15) is 13.2 Å². The van der Waals surface area contributed by atoms with Crippen molar-refractivity contribution in [3.05, 3.63) is 28.3 Å². The number of alkyl halides is 3. The van der Waals surface area contributed by atoms with Crippen molar-refractivity contribution in [2.75, 3.05) is 19.0 Å². The zero-order chi connectivity index (χ0) is 17.1. The summed E-state index contributed by atoms with van der Waals surface area (Å²) in [6.45, 7) is -0.483. The lowest BCUT2D eigenvalue weighted by molar-refractivity contribution is -0.384. The summed E-state index contributed by atoms with van der Waals surface area (Å²) in [5, 5.41) is 13.1. The minimum Gasteiger partial charge on any atom is -0.468 e. The van der Waals surface area contributed by atoms with Gasteiger partial charge in [-0.25, -0.2) is 8.42 Å². The average molecular weight is 342 g/mol. The summed E-state index contributed by atoms with van der Waals surface area (Å²) in [5.41, 5.74) is -6.83. The number of nitro benzene ring substituents is 1. The van der Waals surface area contributed by atoms with Crippen molar-refractivity contribution < 1.29 is 36.0 Å². The summed E-state index contributed by atoms with van der Waals surface area (Å²) in [4.78, 5) is 19.4. The van der Waals surface area contributed by atoms with Gasteiger partial charge >= 0.3 is 11.5 Å². The van der Waals surface area contributed by atoms with Crippen LogP contribution < -0.4 is 5.32 Å². The number of nitrogens with zero attached hydrogens (tertiary/aromatic N) is 1. The van der Waals surface area contributed by atoms with Gasteiger partial charge in [0.25, 0.3) is 15.5 Å². The molecule has 0 aliphatic carbocycles. The van der Waals surface area contributed by atoms with Crippen LogP contribution in [-0.2, 0) is 19.4 Å². The average Bonchev–Trinajstić information content (AvgIpc) is 2.42. The van der Waals surface area contributed by atoms with Crippen molar-refractivity contribution in [3.63, 3.8) is 0 Å². The number of rotatable bonds is 5. The van der Waals surface area contributed by atoms with Gasteiger partial charge < -0.3 is 10.1 Å². The molecule has 22 heavy (non-hydrogen) atoms. The number of halogens is 3. The molecule has 0 heterocycles. The first-order valence-electron chi connectivity index (χ1n) is 5.41. The number of nitro groups is 1. The summed E-state index contributed by atoms with van der Waals surface area (Å²) >= 11 is 0. The third-order valence-electron chi connectivity index (χ3n) is 2.43. The monoisotopic (exact) mass is 342 g/mol. The molecule has 0 saturated heterocycles. The maximum Gasteiger partial charge on any atom is 0.501 e. The molecule has 12 heteroatoms. The fourth-order valence-corrected chi connectivity index (χ4v) is 2.13. The highest BCUT2D eigenvalue weighted by Crippen LogP contribution is 2.34. The number of hydrogen-bond donors (Lipinski definition) is 1. The van der Waals surface area contributed by atoms with Crippen molar-refractivity contribution >= 4 is 27.2 Å². The van der Waals surface area contributed by atoms with E-state index in [4.69, 9.17) is 0 Å². The quantitative estimate of drug-likeness (QED) is 0.489. The summed E-state index contributed by atoms with van der Waals surface area (Å²) in [7, 11) is -4.64. The fraction of sp³-hybridized carbons (Fsp3) is 0.300. The number of anilines is 1. The molecule has 0 radical (unpaired) electrons. The summed E-state index contributed by atoms with van der Waals surface area (Å²) in [6.07, 6.45) is 0. The van der Waals surface area contributed by atoms with Gasteiger partial charge in [-0.1, -0.05) is 0 Å². The van der Waals surface area contributed by atoms with Crippen molar-refractivity contribution in [3.8, 4) is 0 Å². The van der Waals surface area contributed by atoms with E-state index in [1.807, 2.05) is 0 Å². The van der Waals surface area contributed by atoms with Gasteiger partial charge in [0, 0.05) is 6.07 Å². The van der Waals surface area contributed by atoms with Crippen LogP contribution in [0, 0.1) is 10.1 Å². The number of carbonyl (C=O) groups excluding carboxylic acids is 1. The number of nitrogens with one attached hydrogen (secondary N) is 1. The standard InChI is InChI=1S/C10H9F3N2O6S/c1-21-9(16)5-14-7-3-2-6(4-8(7)15(17)18)22(19,20)10(11,12)13/h2-4,14H,5H2,1H3. The number of methoxy groups -OCH3 is 1. The zero-order valence-corrected chi connectivity index (χ0v) is 11.7. The predicted octanol–water partition coefficient (Wildman–Crippen LogP) is 1.47. The molecule has 0 aromatic heterocycles. The van der Waals surface area contributed by atoms with E-state index in [9.17, 15) is 36.5 Å². The Balaban J connectivity index is 3.27. The number of hydrogen-bond acceptors (Lipinski definition) is 7. The molecule has 1 aromatic rings. The minimum atomic E-state index is -5.71. The van der Waals surface area contributed by atoms with Crippen LogP contribution >= 0.6 is 0 Å².